The topological polar surface area (TPSA) is 124 Å². The van der Waals surface area contributed by atoms with Crippen LogP contribution in [-0.4, -0.2) is 41.9 Å². The summed E-state index contributed by atoms with van der Waals surface area (Å²) in [6, 6.07) is 4.09. The van der Waals surface area contributed by atoms with Gasteiger partial charge in [-0.05, 0) is 45.4 Å². The van der Waals surface area contributed by atoms with Crippen LogP contribution in [0.25, 0.3) is 5.69 Å². The zero-order valence-electron chi connectivity index (χ0n) is 18.1. The lowest BCUT2D eigenvalue weighted by molar-refractivity contribution is -0.0566. The molecule has 1 amide bonds. The molecule has 1 aliphatic heterocycles. The Morgan fingerprint density at radius 3 is 2.75 bits per heavy atom. The van der Waals surface area contributed by atoms with E-state index in [4.69, 9.17) is 4.74 Å². The van der Waals surface area contributed by atoms with E-state index in [1.54, 1.807) is 27.7 Å². The molecule has 4 rings (SSSR count). The molecule has 0 atom stereocenters. The number of amides is 1. The predicted molar refractivity (Wildman–Crippen MR) is 111 cm³/mol. The zero-order chi connectivity index (χ0) is 23.2. The van der Waals surface area contributed by atoms with E-state index in [1.165, 1.54) is 27.4 Å². The highest BCUT2D eigenvalue weighted by molar-refractivity contribution is 5.94. The minimum Gasteiger partial charge on any atom is -0.501 e. The number of nitrogens with zero attached hydrogens (tertiary/aromatic N) is 5. The highest BCUT2D eigenvalue weighted by Crippen LogP contribution is 2.27. The van der Waals surface area contributed by atoms with Gasteiger partial charge in [0.05, 0.1) is 18.8 Å². The number of carbonyl (C=O) groups excluding carboxylic acids is 1. The van der Waals surface area contributed by atoms with Crippen LogP contribution in [0.1, 0.15) is 47.4 Å². The Balaban J connectivity index is 1.65. The summed E-state index contributed by atoms with van der Waals surface area (Å²) in [5.41, 5.74) is -1.01. The monoisotopic (exact) mass is 442 g/mol. The van der Waals surface area contributed by atoms with Crippen molar-refractivity contribution in [3.63, 3.8) is 0 Å². The number of benzene rings is 1. The molecule has 1 aromatic carbocycles. The van der Waals surface area contributed by atoms with Crippen molar-refractivity contribution < 1.29 is 19.0 Å². The lowest BCUT2D eigenvalue weighted by atomic mass is 10.1. The van der Waals surface area contributed by atoms with Crippen LogP contribution in [0.5, 0.6) is 5.75 Å². The molecule has 2 aromatic heterocycles. The Morgan fingerprint density at radius 2 is 2.06 bits per heavy atom. The van der Waals surface area contributed by atoms with E-state index < -0.39 is 34.3 Å². The minimum absolute atomic E-state index is 0.0216. The molecule has 11 heteroatoms. The number of hydrogen-bond acceptors (Lipinski definition) is 7. The molecule has 0 bridgehead atoms. The molecular weight excluding hydrogens is 419 g/mol. The molecule has 2 N–H and O–H groups in total. The molecular formula is C21H23FN6O4. The first-order valence-electron chi connectivity index (χ1n) is 10.0. The van der Waals surface area contributed by atoms with Crippen molar-refractivity contribution in [2.45, 2.75) is 46.4 Å². The molecule has 168 valence electrons. The van der Waals surface area contributed by atoms with Crippen LogP contribution in [0.4, 0.5) is 4.39 Å². The third-order valence-electron chi connectivity index (χ3n) is 5.27. The molecule has 0 unspecified atom stereocenters. The average Bonchev–Trinajstić information content (AvgIpc) is 3.07. The third kappa shape index (κ3) is 3.75. The SMILES string of the molecule is Cc1nc(C)n(-c2cc(F)ccc2CNC(=O)c2nc3n(c(=O)c2O)CCOC3(C)C)n1. The van der Waals surface area contributed by atoms with E-state index >= 15 is 0 Å². The molecule has 1 aliphatic rings. The molecule has 32 heavy (non-hydrogen) atoms. The number of rotatable bonds is 4. The molecule has 0 saturated carbocycles. The van der Waals surface area contributed by atoms with E-state index in [9.17, 15) is 19.1 Å². The fourth-order valence-electron chi connectivity index (χ4n) is 3.72. The van der Waals surface area contributed by atoms with E-state index in [-0.39, 0.29) is 18.9 Å². The van der Waals surface area contributed by atoms with Crippen molar-refractivity contribution in [1.82, 2.24) is 29.6 Å². The second-order valence-corrected chi connectivity index (χ2v) is 8.02. The summed E-state index contributed by atoms with van der Waals surface area (Å²) in [5.74, 6) is -0.600. The smallest absolute Gasteiger partial charge is 0.296 e. The van der Waals surface area contributed by atoms with Gasteiger partial charge in [-0.3, -0.25) is 14.2 Å². The summed E-state index contributed by atoms with van der Waals surface area (Å²) in [5, 5.41) is 17.2. The quantitative estimate of drug-likeness (QED) is 0.627. The van der Waals surface area contributed by atoms with Crippen LogP contribution in [0.15, 0.2) is 23.0 Å². The number of nitrogens with one attached hydrogen (secondary N) is 1. The van der Waals surface area contributed by atoms with Crippen molar-refractivity contribution >= 4 is 5.91 Å². The lowest BCUT2D eigenvalue weighted by Crippen LogP contribution is -2.42. The fourth-order valence-corrected chi connectivity index (χ4v) is 3.72. The van der Waals surface area contributed by atoms with Crippen molar-refractivity contribution in [1.29, 1.82) is 0 Å². The van der Waals surface area contributed by atoms with E-state index in [0.29, 0.717) is 29.5 Å². The van der Waals surface area contributed by atoms with Crippen molar-refractivity contribution in [3.05, 3.63) is 63.1 Å². The van der Waals surface area contributed by atoms with Crippen molar-refractivity contribution in [2.24, 2.45) is 0 Å². The van der Waals surface area contributed by atoms with Crippen LogP contribution in [-0.2, 0) is 23.4 Å². The standard InChI is InChI=1S/C21H23FN6O4/c1-11-24-12(2)28(26-11)15-9-14(22)6-5-13(15)10-23-18(30)16-17(29)19(31)27-7-8-32-21(3,4)20(27)25-16/h5-6,9,29H,7-8,10H2,1-4H3,(H,23,30). The van der Waals surface area contributed by atoms with Gasteiger partial charge < -0.3 is 15.2 Å². The van der Waals surface area contributed by atoms with Crippen LogP contribution in [0.2, 0.25) is 0 Å². The van der Waals surface area contributed by atoms with Gasteiger partial charge in [-0.15, -0.1) is 0 Å². The van der Waals surface area contributed by atoms with Gasteiger partial charge in [-0.1, -0.05) is 6.07 Å². The second-order valence-electron chi connectivity index (χ2n) is 8.02. The van der Waals surface area contributed by atoms with Crippen LogP contribution < -0.4 is 10.9 Å². The number of carbonyl (C=O) groups is 1. The Hall–Kier alpha value is -3.60. The van der Waals surface area contributed by atoms with Gasteiger partial charge in [-0.2, -0.15) is 5.10 Å². The molecule has 3 aromatic rings. The van der Waals surface area contributed by atoms with Crippen LogP contribution in [0, 0.1) is 19.7 Å². The highest BCUT2D eigenvalue weighted by Gasteiger charge is 2.34. The summed E-state index contributed by atoms with van der Waals surface area (Å²) in [7, 11) is 0. The number of fused-ring (bicyclic) bond motifs is 1. The van der Waals surface area contributed by atoms with Gasteiger partial charge in [0.25, 0.3) is 11.5 Å². The van der Waals surface area contributed by atoms with Gasteiger partial charge in [0, 0.05) is 6.54 Å². The normalized spacial score (nSPS) is 14.8. The number of aromatic hydroxyl groups is 1. The molecule has 0 aliphatic carbocycles. The van der Waals surface area contributed by atoms with E-state index in [1.807, 2.05) is 0 Å². The first-order chi connectivity index (χ1) is 15.1. The molecule has 0 saturated heterocycles. The van der Waals surface area contributed by atoms with Gasteiger partial charge in [0.15, 0.2) is 5.69 Å². The molecule has 0 fully saturated rings. The molecule has 0 radical (unpaired) electrons. The van der Waals surface area contributed by atoms with Crippen molar-refractivity contribution in [3.8, 4) is 11.4 Å². The fraction of sp³-hybridized carbons (Fsp3) is 0.381. The summed E-state index contributed by atoms with van der Waals surface area (Å²) in [6.45, 7) is 7.42. The van der Waals surface area contributed by atoms with Gasteiger partial charge >= 0.3 is 0 Å². The third-order valence-corrected chi connectivity index (χ3v) is 5.27. The number of aromatic nitrogens is 5. The maximum absolute atomic E-state index is 13.9. The number of aryl methyl sites for hydroxylation is 2. The second kappa shape index (κ2) is 7.83. The maximum atomic E-state index is 13.9. The van der Waals surface area contributed by atoms with Gasteiger partial charge in [-0.25, -0.2) is 19.0 Å². The summed E-state index contributed by atoms with van der Waals surface area (Å²) < 4.78 is 22.4. The van der Waals surface area contributed by atoms with E-state index in [2.05, 4.69) is 20.4 Å². The highest BCUT2D eigenvalue weighted by atomic mass is 19.1. The van der Waals surface area contributed by atoms with Crippen LogP contribution in [0.3, 0.4) is 0 Å². The molecule has 10 nitrogen and oxygen atoms in total. The van der Waals surface area contributed by atoms with Gasteiger partial charge in [0.1, 0.15) is 28.9 Å². The Morgan fingerprint density at radius 1 is 1.31 bits per heavy atom. The Labute approximate surface area is 182 Å². The lowest BCUT2D eigenvalue weighted by Gasteiger charge is -2.32. The molecule has 3 heterocycles. The van der Waals surface area contributed by atoms with Crippen molar-refractivity contribution in [2.75, 3.05) is 6.61 Å². The average molecular weight is 442 g/mol. The van der Waals surface area contributed by atoms with Gasteiger partial charge in [0.2, 0.25) is 5.75 Å². The maximum Gasteiger partial charge on any atom is 0.296 e. The summed E-state index contributed by atoms with van der Waals surface area (Å²) in [4.78, 5) is 33.9. The number of hydrogen-bond donors (Lipinski definition) is 2. The zero-order valence-corrected chi connectivity index (χ0v) is 18.1. The largest absolute Gasteiger partial charge is 0.501 e. The first kappa shape index (κ1) is 21.6. The minimum atomic E-state index is -0.896. The number of ether oxygens (including phenoxy) is 1. The predicted octanol–water partition coefficient (Wildman–Crippen LogP) is 1.48. The number of halogens is 1. The first-order valence-corrected chi connectivity index (χ1v) is 10.0. The molecule has 0 spiro atoms. The Bertz CT molecular complexity index is 1280. The Kier molecular flexibility index (Phi) is 5.29. The van der Waals surface area contributed by atoms with Crippen LogP contribution >= 0.6 is 0 Å². The summed E-state index contributed by atoms with van der Waals surface area (Å²) in [6.07, 6.45) is 0. The summed E-state index contributed by atoms with van der Waals surface area (Å²) >= 11 is 0. The van der Waals surface area contributed by atoms with E-state index in [0.717, 1.165) is 0 Å².